The molecule has 0 bridgehead atoms. The maximum absolute atomic E-state index is 13.1. The van der Waals surface area contributed by atoms with Gasteiger partial charge in [-0.25, -0.2) is 4.57 Å². The van der Waals surface area contributed by atoms with Gasteiger partial charge in [0.1, 0.15) is 36.6 Å². The van der Waals surface area contributed by atoms with Crippen molar-refractivity contribution in [2.24, 2.45) is 0 Å². The molecule has 1 saturated carbocycles. The molecule has 65 heavy (non-hydrogen) atoms. The van der Waals surface area contributed by atoms with Gasteiger partial charge < -0.3 is 46.0 Å². The molecule has 0 aromatic carbocycles. The van der Waals surface area contributed by atoms with E-state index in [0.717, 1.165) is 51.4 Å². The molecule has 1 aliphatic carbocycles. The van der Waals surface area contributed by atoms with Gasteiger partial charge in [-0.2, -0.15) is 0 Å². The average molecular weight is 952 g/mol. The van der Waals surface area contributed by atoms with Crippen LogP contribution in [0.15, 0.2) is 0 Å². The van der Waals surface area contributed by atoms with E-state index < -0.39 is 75.2 Å². The smallest absolute Gasteiger partial charge is 0.393 e. The molecular formula is C51H102NO12P. The van der Waals surface area contributed by atoms with Crippen LogP contribution >= 0.6 is 7.82 Å². The maximum Gasteiger partial charge on any atom is 0.472 e. The van der Waals surface area contributed by atoms with Crippen LogP contribution in [0, 0.1) is 0 Å². The Labute approximate surface area is 396 Å². The minimum Gasteiger partial charge on any atom is -0.393 e. The number of phosphoric ester groups is 1. The van der Waals surface area contributed by atoms with E-state index in [2.05, 4.69) is 19.2 Å². The lowest BCUT2D eigenvalue weighted by Crippen LogP contribution is -2.64. The van der Waals surface area contributed by atoms with E-state index in [4.69, 9.17) is 9.05 Å². The number of aliphatic hydroxyl groups is 7. The molecule has 14 heteroatoms. The Hall–Kier alpha value is -0.700. The highest BCUT2D eigenvalue weighted by atomic mass is 31.2. The Morgan fingerprint density at radius 3 is 1.11 bits per heavy atom. The summed E-state index contributed by atoms with van der Waals surface area (Å²) in [6.07, 6.45) is 30.0. The second kappa shape index (κ2) is 41.1. The predicted molar refractivity (Wildman–Crippen MR) is 261 cm³/mol. The number of amides is 1. The number of unbranched alkanes of at least 4 members (excludes halogenated alkanes) is 33. The summed E-state index contributed by atoms with van der Waals surface area (Å²) in [7, 11) is -5.12. The third-order valence-electron chi connectivity index (χ3n) is 13.5. The third kappa shape index (κ3) is 32.7. The highest BCUT2D eigenvalue weighted by Crippen LogP contribution is 2.47. The molecule has 13 nitrogen and oxygen atoms in total. The van der Waals surface area contributed by atoms with Crippen molar-refractivity contribution in [3.8, 4) is 0 Å². The first-order valence-electron chi connectivity index (χ1n) is 27.1. The number of carbonyl (C=O) groups excluding carboxylic acids is 1. The van der Waals surface area contributed by atoms with Gasteiger partial charge in [0.05, 0.1) is 31.3 Å². The van der Waals surface area contributed by atoms with Gasteiger partial charge in [0.2, 0.25) is 5.91 Å². The molecule has 0 saturated heterocycles. The van der Waals surface area contributed by atoms with Crippen molar-refractivity contribution >= 4 is 13.7 Å². The number of carbonyl (C=O) groups is 1. The molecule has 0 heterocycles. The maximum atomic E-state index is 13.1. The topological polar surface area (TPSA) is 226 Å². The van der Waals surface area contributed by atoms with Gasteiger partial charge in [0.15, 0.2) is 0 Å². The van der Waals surface area contributed by atoms with E-state index in [1.54, 1.807) is 0 Å². The molecule has 8 unspecified atom stereocenters. The fraction of sp³-hybridized carbons (Fsp3) is 0.980. The minimum absolute atomic E-state index is 0.215. The summed E-state index contributed by atoms with van der Waals surface area (Å²) < 4.78 is 23.0. The molecule has 8 atom stereocenters. The Kier molecular flexibility index (Phi) is 39.4. The summed E-state index contributed by atoms with van der Waals surface area (Å²) in [5.74, 6) is -0.554. The Morgan fingerprint density at radius 2 is 0.769 bits per heavy atom. The van der Waals surface area contributed by atoms with Crippen molar-refractivity contribution in [1.82, 2.24) is 5.32 Å². The van der Waals surface area contributed by atoms with Gasteiger partial charge in [-0.3, -0.25) is 13.8 Å². The molecule has 0 aliphatic heterocycles. The van der Waals surface area contributed by atoms with E-state index >= 15 is 0 Å². The molecule has 0 radical (unpaired) electrons. The first-order chi connectivity index (χ1) is 31.3. The number of phosphoric acid groups is 1. The zero-order chi connectivity index (χ0) is 48.0. The van der Waals surface area contributed by atoms with Crippen LogP contribution in [0.3, 0.4) is 0 Å². The Morgan fingerprint density at radius 1 is 0.477 bits per heavy atom. The predicted octanol–water partition coefficient (Wildman–Crippen LogP) is 10.4. The van der Waals surface area contributed by atoms with Crippen LogP contribution in [0.5, 0.6) is 0 Å². The zero-order valence-electron chi connectivity index (χ0n) is 41.4. The van der Waals surface area contributed by atoms with Gasteiger partial charge in [-0.05, 0) is 12.8 Å². The van der Waals surface area contributed by atoms with Crippen molar-refractivity contribution in [3.63, 3.8) is 0 Å². The quantitative estimate of drug-likeness (QED) is 0.0205. The van der Waals surface area contributed by atoms with Gasteiger partial charge in [0, 0.05) is 0 Å². The minimum atomic E-state index is -5.12. The molecule has 1 aliphatic rings. The van der Waals surface area contributed by atoms with Crippen molar-refractivity contribution in [1.29, 1.82) is 0 Å². The molecule has 9 N–H and O–H groups in total. The fourth-order valence-corrected chi connectivity index (χ4v) is 10.0. The van der Waals surface area contributed by atoms with Crippen molar-refractivity contribution in [2.75, 3.05) is 6.61 Å². The number of hydrogen-bond donors (Lipinski definition) is 9. The summed E-state index contributed by atoms with van der Waals surface area (Å²) >= 11 is 0. The molecular weight excluding hydrogens is 850 g/mol. The second-order valence-corrected chi connectivity index (χ2v) is 21.0. The monoisotopic (exact) mass is 952 g/mol. The lowest BCUT2D eigenvalue weighted by atomic mass is 9.85. The highest BCUT2D eigenvalue weighted by Gasteiger charge is 2.51. The van der Waals surface area contributed by atoms with Gasteiger partial charge in [-0.15, -0.1) is 0 Å². The van der Waals surface area contributed by atoms with Gasteiger partial charge in [-0.1, -0.05) is 239 Å². The molecule has 0 aromatic rings. The molecule has 0 aromatic heterocycles. The van der Waals surface area contributed by atoms with Crippen LogP contribution in [0.4, 0.5) is 0 Å². The summed E-state index contributed by atoms with van der Waals surface area (Å²) in [5, 5.41) is 74.9. The zero-order valence-corrected chi connectivity index (χ0v) is 42.3. The lowest BCUT2D eigenvalue weighted by molar-refractivity contribution is -0.220. The van der Waals surface area contributed by atoms with Crippen molar-refractivity contribution in [2.45, 2.75) is 313 Å². The van der Waals surface area contributed by atoms with Crippen molar-refractivity contribution < 1.29 is 59.0 Å². The van der Waals surface area contributed by atoms with E-state index in [-0.39, 0.29) is 12.8 Å². The van der Waals surface area contributed by atoms with Crippen LogP contribution in [-0.4, -0.2) is 108 Å². The summed E-state index contributed by atoms with van der Waals surface area (Å²) in [4.78, 5) is 23.6. The second-order valence-electron chi connectivity index (χ2n) is 19.6. The number of rotatable bonds is 46. The van der Waals surface area contributed by atoms with Crippen LogP contribution in [0.25, 0.3) is 0 Å². The molecule has 1 amide bonds. The third-order valence-corrected chi connectivity index (χ3v) is 14.5. The Balaban J connectivity index is 2.41. The average Bonchev–Trinajstić information content (AvgIpc) is 3.28. The van der Waals surface area contributed by atoms with Gasteiger partial charge in [0.25, 0.3) is 0 Å². The summed E-state index contributed by atoms with van der Waals surface area (Å²) in [6, 6.07) is -1.15. The van der Waals surface area contributed by atoms with Crippen LogP contribution in [-0.2, 0) is 18.4 Å². The number of hydrogen-bond acceptors (Lipinski definition) is 11. The molecule has 388 valence electrons. The van der Waals surface area contributed by atoms with E-state index in [9.17, 15) is 50.0 Å². The summed E-state index contributed by atoms with van der Waals surface area (Å²) in [6.45, 7) is 3.83. The van der Waals surface area contributed by atoms with E-state index in [1.165, 1.54) is 167 Å². The lowest BCUT2D eigenvalue weighted by Gasteiger charge is -2.41. The Bertz CT molecular complexity index is 1120. The van der Waals surface area contributed by atoms with Crippen LogP contribution < -0.4 is 5.32 Å². The fourth-order valence-electron chi connectivity index (χ4n) is 9.07. The van der Waals surface area contributed by atoms with Crippen LogP contribution in [0.1, 0.15) is 258 Å². The largest absolute Gasteiger partial charge is 0.472 e. The SMILES string of the molecule is CCCCCCCCCCCCCCCCCCCCCC(O)CC(=O)NC(COP(=O)(O)OC1C(O)C(O)C(O)C(O)C1O)C(O)CCCCCCCCCCCCCCCCCC. The molecule has 1 fully saturated rings. The molecule has 0 spiro atoms. The van der Waals surface area contributed by atoms with Crippen LogP contribution in [0.2, 0.25) is 0 Å². The summed E-state index contributed by atoms with van der Waals surface area (Å²) in [5.41, 5.74) is 0. The number of nitrogens with one attached hydrogen (secondary N) is 1. The van der Waals surface area contributed by atoms with Crippen molar-refractivity contribution in [3.05, 3.63) is 0 Å². The standard InChI is InChI=1S/C51H102NO12P/c1-3-5-7-9-11-13-15-17-19-21-22-23-24-26-28-30-32-34-36-38-42(53)40-45(55)52-43(41-63-65(61,62)64-51-49(59)47(57)46(56)48(58)50(51)60)44(54)39-37-35-33-31-29-27-25-20-18-16-14-12-10-8-6-4-2/h42-44,46-51,53-54,56-60H,3-41H2,1-2H3,(H,52,55)(H,61,62). The first kappa shape index (κ1) is 62.3. The van der Waals surface area contributed by atoms with E-state index in [1.807, 2.05) is 0 Å². The molecule has 1 rings (SSSR count). The van der Waals surface area contributed by atoms with Gasteiger partial charge >= 0.3 is 7.82 Å². The normalized spacial score (nSPS) is 22.4. The first-order valence-corrected chi connectivity index (χ1v) is 28.6. The highest BCUT2D eigenvalue weighted by molar-refractivity contribution is 7.47. The number of aliphatic hydroxyl groups excluding tert-OH is 7. The van der Waals surface area contributed by atoms with E-state index in [0.29, 0.717) is 12.8 Å².